The molecule has 0 unspecified atom stereocenters. The Kier molecular flexibility index (Phi) is 5.80. The van der Waals surface area contributed by atoms with Gasteiger partial charge in [-0.05, 0) is 30.5 Å². The van der Waals surface area contributed by atoms with E-state index in [9.17, 15) is 15.4 Å². The standard InChI is InChI=1S/C21H21N3O4/c1-27-20-13-19(23-8-3-4-9-23)21(28-2)12-16(20)10-17(14-22)15-6-5-7-18(11-15)24(25)26/h5-7,10-13H,3-4,8-9H2,1-2H3. The molecule has 1 heterocycles. The number of nitrogens with zero attached hydrogens (tertiary/aromatic N) is 3. The minimum atomic E-state index is -0.479. The lowest BCUT2D eigenvalue weighted by atomic mass is 10.0. The Hall–Kier alpha value is -3.53. The molecule has 28 heavy (non-hydrogen) atoms. The fraction of sp³-hybridized carbons (Fsp3) is 0.286. The molecule has 1 aliphatic rings. The third-order valence-electron chi connectivity index (χ3n) is 4.77. The van der Waals surface area contributed by atoms with E-state index in [4.69, 9.17) is 9.47 Å². The Morgan fingerprint density at radius 1 is 1.18 bits per heavy atom. The van der Waals surface area contributed by atoms with Gasteiger partial charge in [0.2, 0.25) is 0 Å². The van der Waals surface area contributed by atoms with Crippen molar-refractivity contribution in [2.24, 2.45) is 0 Å². The van der Waals surface area contributed by atoms with Crippen LogP contribution in [0.3, 0.4) is 0 Å². The molecule has 1 aliphatic heterocycles. The van der Waals surface area contributed by atoms with E-state index in [-0.39, 0.29) is 5.69 Å². The van der Waals surface area contributed by atoms with E-state index < -0.39 is 4.92 Å². The van der Waals surface area contributed by atoms with Crippen molar-refractivity contribution in [3.63, 3.8) is 0 Å². The molecular formula is C21H21N3O4. The van der Waals surface area contributed by atoms with Crippen LogP contribution < -0.4 is 14.4 Å². The van der Waals surface area contributed by atoms with Crippen molar-refractivity contribution in [3.05, 3.63) is 57.6 Å². The maximum Gasteiger partial charge on any atom is 0.270 e. The summed E-state index contributed by atoms with van der Waals surface area (Å²) in [6.07, 6.45) is 3.94. The second-order valence-corrected chi connectivity index (χ2v) is 6.44. The van der Waals surface area contributed by atoms with Crippen LogP contribution in [0.25, 0.3) is 11.6 Å². The van der Waals surface area contributed by atoms with Gasteiger partial charge in [0.15, 0.2) is 0 Å². The first-order valence-corrected chi connectivity index (χ1v) is 8.95. The van der Waals surface area contributed by atoms with E-state index in [0.29, 0.717) is 28.2 Å². The first kappa shape index (κ1) is 19.2. The number of anilines is 1. The van der Waals surface area contributed by atoms with Crippen molar-refractivity contribution in [1.82, 2.24) is 0 Å². The number of hydrogen-bond acceptors (Lipinski definition) is 6. The molecule has 0 atom stereocenters. The molecule has 0 spiro atoms. The van der Waals surface area contributed by atoms with Crippen LogP contribution in [0.4, 0.5) is 11.4 Å². The predicted molar refractivity (Wildman–Crippen MR) is 108 cm³/mol. The highest BCUT2D eigenvalue weighted by Crippen LogP contribution is 2.38. The number of nitriles is 1. The molecule has 0 amide bonds. The topological polar surface area (TPSA) is 88.6 Å². The quantitative estimate of drug-likeness (QED) is 0.322. The van der Waals surface area contributed by atoms with Crippen LogP contribution in [0, 0.1) is 21.4 Å². The average Bonchev–Trinajstić information content (AvgIpc) is 3.26. The summed E-state index contributed by atoms with van der Waals surface area (Å²) in [7, 11) is 3.19. The van der Waals surface area contributed by atoms with Crippen molar-refractivity contribution >= 4 is 23.0 Å². The van der Waals surface area contributed by atoms with Gasteiger partial charge < -0.3 is 14.4 Å². The van der Waals surface area contributed by atoms with E-state index >= 15 is 0 Å². The lowest BCUT2D eigenvalue weighted by Gasteiger charge is -2.22. The average molecular weight is 379 g/mol. The maximum atomic E-state index is 11.0. The van der Waals surface area contributed by atoms with E-state index in [1.807, 2.05) is 12.1 Å². The van der Waals surface area contributed by atoms with Crippen LogP contribution in [-0.4, -0.2) is 32.2 Å². The van der Waals surface area contributed by atoms with E-state index in [1.165, 1.54) is 12.1 Å². The smallest absolute Gasteiger partial charge is 0.270 e. The van der Waals surface area contributed by atoms with Crippen molar-refractivity contribution in [3.8, 4) is 17.6 Å². The zero-order chi connectivity index (χ0) is 20.1. The van der Waals surface area contributed by atoms with Crippen LogP contribution in [0.1, 0.15) is 24.0 Å². The minimum absolute atomic E-state index is 0.0624. The third kappa shape index (κ3) is 3.91. The van der Waals surface area contributed by atoms with Gasteiger partial charge in [-0.15, -0.1) is 0 Å². The largest absolute Gasteiger partial charge is 0.496 e. The summed E-state index contributed by atoms with van der Waals surface area (Å²) >= 11 is 0. The van der Waals surface area contributed by atoms with E-state index in [2.05, 4.69) is 11.0 Å². The first-order chi connectivity index (χ1) is 13.6. The van der Waals surface area contributed by atoms with E-state index in [1.54, 1.807) is 32.4 Å². The van der Waals surface area contributed by atoms with Crippen LogP contribution in [0.5, 0.6) is 11.5 Å². The number of methoxy groups -OCH3 is 2. The second kappa shape index (κ2) is 8.44. The highest BCUT2D eigenvalue weighted by molar-refractivity contribution is 5.92. The highest BCUT2D eigenvalue weighted by Gasteiger charge is 2.19. The third-order valence-corrected chi connectivity index (χ3v) is 4.77. The Balaban J connectivity index is 2.07. The molecule has 7 nitrogen and oxygen atoms in total. The molecule has 2 aromatic rings. The van der Waals surface area contributed by atoms with Gasteiger partial charge in [-0.3, -0.25) is 10.1 Å². The molecule has 0 saturated carbocycles. The molecule has 0 bridgehead atoms. The fourth-order valence-electron chi connectivity index (χ4n) is 3.35. The predicted octanol–water partition coefficient (Wildman–Crippen LogP) is 4.28. The number of nitro benzene ring substituents is 1. The van der Waals surface area contributed by atoms with Gasteiger partial charge in [0.25, 0.3) is 5.69 Å². The summed E-state index contributed by atoms with van der Waals surface area (Å²) in [4.78, 5) is 12.8. The van der Waals surface area contributed by atoms with Crippen LogP contribution in [-0.2, 0) is 0 Å². The van der Waals surface area contributed by atoms with E-state index in [0.717, 1.165) is 31.6 Å². The Morgan fingerprint density at radius 3 is 2.50 bits per heavy atom. The van der Waals surface area contributed by atoms with Gasteiger partial charge in [-0.25, -0.2) is 0 Å². The SMILES string of the molecule is COc1cc(N2CCCC2)c(OC)cc1C=C(C#N)c1cccc([N+](=O)[O-])c1. The summed E-state index contributed by atoms with van der Waals surface area (Å²) in [6.45, 7) is 1.93. The van der Waals surface area contributed by atoms with Gasteiger partial charge in [0.1, 0.15) is 11.5 Å². The van der Waals surface area contributed by atoms with Crippen molar-refractivity contribution < 1.29 is 14.4 Å². The molecule has 2 aromatic carbocycles. The molecule has 0 radical (unpaired) electrons. The number of ether oxygens (including phenoxy) is 2. The zero-order valence-electron chi connectivity index (χ0n) is 15.8. The number of rotatable bonds is 6. The summed E-state index contributed by atoms with van der Waals surface area (Å²) in [6, 6.07) is 11.9. The van der Waals surface area contributed by atoms with Gasteiger partial charge in [-0.2, -0.15) is 5.26 Å². The van der Waals surface area contributed by atoms with Crippen molar-refractivity contribution in [1.29, 1.82) is 5.26 Å². The van der Waals surface area contributed by atoms with Crippen LogP contribution in [0.2, 0.25) is 0 Å². The van der Waals surface area contributed by atoms with Crippen molar-refractivity contribution in [2.75, 3.05) is 32.2 Å². The van der Waals surface area contributed by atoms with Gasteiger partial charge in [-0.1, -0.05) is 12.1 Å². The molecule has 0 N–H and O–H groups in total. The second-order valence-electron chi connectivity index (χ2n) is 6.44. The highest BCUT2D eigenvalue weighted by atomic mass is 16.6. The number of non-ortho nitro benzene ring substituents is 1. The van der Waals surface area contributed by atoms with Gasteiger partial charge in [0, 0.05) is 36.9 Å². The number of allylic oxidation sites excluding steroid dienone is 1. The summed E-state index contributed by atoms with van der Waals surface area (Å²) in [5.41, 5.74) is 2.35. The summed E-state index contributed by atoms with van der Waals surface area (Å²) < 4.78 is 11.1. The summed E-state index contributed by atoms with van der Waals surface area (Å²) in [5, 5.41) is 20.7. The first-order valence-electron chi connectivity index (χ1n) is 8.95. The molecule has 0 aliphatic carbocycles. The number of hydrogen-bond donors (Lipinski definition) is 0. The molecular weight excluding hydrogens is 358 g/mol. The minimum Gasteiger partial charge on any atom is -0.496 e. The molecule has 1 fully saturated rings. The Bertz CT molecular complexity index is 957. The normalized spacial score (nSPS) is 13.9. The van der Waals surface area contributed by atoms with Gasteiger partial charge in [0.05, 0.1) is 36.5 Å². The molecule has 7 heteroatoms. The number of benzene rings is 2. The summed E-state index contributed by atoms with van der Waals surface area (Å²) in [5.74, 6) is 1.31. The molecule has 144 valence electrons. The Morgan fingerprint density at radius 2 is 1.89 bits per heavy atom. The van der Waals surface area contributed by atoms with Crippen LogP contribution in [0.15, 0.2) is 36.4 Å². The lowest BCUT2D eigenvalue weighted by molar-refractivity contribution is -0.384. The molecule has 0 aromatic heterocycles. The van der Waals surface area contributed by atoms with Crippen molar-refractivity contribution in [2.45, 2.75) is 12.8 Å². The monoisotopic (exact) mass is 379 g/mol. The van der Waals surface area contributed by atoms with Crippen LogP contribution >= 0.6 is 0 Å². The number of nitro groups is 1. The van der Waals surface area contributed by atoms with Gasteiger partial charge >= 0.3 is 0 Å². The lowest BCUT2D eigenvalue weighted by Crippen LogP contribution is -2.18. The molecule has 3 rings (SSSR count). The molecule has 1 saturated heterocycles. The fourth-order valence-corrected chi connectivity index (χ4v) is 3.35. The maximum absolute atomic E-state index is 11.0. The Labute approximate surface area is 163 Å². The zero-order valence-corrected chi connectivity index (χ0v) is 15.8.